The summed E-state index contributed by atoms with van der Waals surface area (Å²) in [6.07, 6.45) is 0.476. The molecule has 0 fully saturated rings. The number of hydrogen-bond donors (Lipinski definition) is 2. The standard InChI is InChI=1S/C10H19N5OS/c1-4-12-8(16)5-6-17-10-14-13-9(11)15(10)7(2)3/h7H,4-6H2,1-3H3,(H2,11,13)(H,12,16). The molecule has 0 saturated carbocycles. The van der Waals surface area contributed by atoms with Gasteiger partial charge in [0.15, 0.2) is 5.16 Å². The van der Waals surface area contributed by atoms with Crippen molar-refractivity contribution in [3.8, 4) is 0 Å². The molecule has 3 N–H and O–H groups in total. The van der Waals surface area contributed by atoms with Gasteiger partial charge in [-0.1, -0.05) is 11.8 Å². The number of aromatic nitrogens is 3. The van der Waals surface area contributed by atoms with E-state index in [0.717, 1.165) is 5.16 Å². The number of nitrogens with one attached hydrogen (secondary N) is 1. The minimum absolute atomic E-state index is 0.0589. The van der Waals surface area contributed by atoms with Gasteiger partial charge in [0, 0.05) is 24.8 Å². The van der Waals surface area contributed by atoms with E-state index in [9.17, 15) is 4.79 Å². The molecule has 1 aromatic heterocycles. The number of thioether (sulfide) groups is 1. The van der Waals surface area contributed by atoms with E-state index in [1.54, 1.807) is 0 Å². The van der Waals surface area contributed by atoms with Crippen molar-refractivity contribution in [3.63, 3.8) is 0 Å². The molecule has 0 bridgehead atoms. The van der Waals surface area contributed by atoms with Gasteiger partial charge >= 0.3 is 0 Å². The molecular weight excluding hydrogens is 238 g/mol. The minimum Gasteiger partial charge on any atom is -0.368 e. The zero-order chi connectivity index (χ0) is 12.8. The van der Waals surface area contributed by atoms with E-state index in [4.69, 9.17) is 5.73 Å². The van der Waals surface area contributed by atoms with Crippen molar-refractivity contribution >= 4 is 23.6 Å². The van der Waals surface area contributed by atoms with E-state index in [0.29, 0.717) is 24.7 Å². The van der Waals surface area contributed by atoms with Gasteiger partial charge in [0.05, 0.1) is 0 Å². The fraction of sp³-hybridized carbons (Fsp3) is 0.700. The Morgan fingerprint density at radius 2 is 2.24 bits per heavy atom. The van der Waals surface area contributed by atoms with Gasteiger partial charge in [-0.25, -0.2) is 0 Å². The van der Waals surface area contributed by atoms with Crippen molar-refractivity contribution in [2.45, 2.75) is 38.4 Å². The summed E-state index contributed by atoms with van der Waals surface area (Å²) in [5, 5.41) is 11.4. The molecule has 1 amide bonds. The molecule has 0 radical (unpaired) electrons. The highest BCUT2D eigenvalue weighted by molar-refractivity contribution is 7.99. The molecule has 0 atom stereocenters. The predicted molar refractivity (Wildman–Crippen MR) is 68.8 cm³/mol. The number of hydrogen-bond acceptors (Lipinski definition) is 5. The number of anilines is 1. The van der Waals surface area contributed by atoms with Crippen LogP contribution in [0.1, 0.15) is 33.2 Å². The fourth-order valence-electron chi connectivity index (χ4n) is 1.39. The van der Waals surface area contributed by atoms with Crippen LogP contribution in [0, 0.1) is 0 Å². The highest BCUT2D eigenvalue weighted by atomic mass is 32.2. The molecule has 1 rings (SSSR count). The summed E-state index contributed by atoms with van der Waals surface area (Å²) in [6.45, 7) is 6.61. The van der Waals surface area contributed by atoms with Gasteiger partial charge in [0.1, 0.15) is 0 Å². The van der Waals surface area contributed by atoms with E-state index >= 15 is 0 Å². The van der Waals surface area contributed by atoms with Crippen molar-refractivity contribution in [1.82, 2.24) is 20.1 Å². The van der Waals surface area contributed by atoms with E-state index in [2.05, 4.69) is 15.5 Å². The SMILES string of the molecule is CCNC(=O)CCSc1nnc(N)n1C(C)C. The van der Waals surface area contributed by atoms with E-state index in [1.165, 1.54) is 11.8 Å². The van der Waals surface area contributed by atoms with Crippen LogP contribution in [0.15, 0.2) is 5.16 Å². The second-order valence-corrected chi connectivity index (χ2v) is 4.92. The van der Waals surface area contributed by atoms with Crippen molar-refractivity contribution in [3.05, 3.63) is 0 Å². The first-order valence-electron chi connectivity index (χ1n) is 5.66. The molecule has 7 heteroatoms. The highest BCUT2D eigenvalue weighted by Crippen LogP contribution is 2.22. The zero-order valence-corrected chi connectivity index (χ0v) is 11.3. The Kier molecular flexibility index (Phi) is 5.27. The maximum Gasteiger partial charge on any atom is 0.222 e. The molecular formula is C10H19N5OS. The maximum atomic E-state index is 11.3. The third-order valence-electron chi connectivity index (χ3n) is 2.14. The van der Waals surface area contributed by atoms with Crippen LogP contribution in [0.25, 0.3) is 0 Å². The second kappa shape index (κ2) is 6.48. The highest BCUT2D eigenvalue weighted by Gasteiger charge is 2.13. The third kappa shape index (κ3) is 3.92. The molecule has 6 nitrogen and oxygen atoms in total. The van der Waals surface area contributed by atoms with Gasteiger partial charge < -0.3 is 11.1 Å². The summed E-state index contributed by atoms with van der Waals surface area (Å²) >= 11 is 1.50. The monoisotopic (exact) mass is 257 g/mol. The molecule has 96 valence electrons. The normalized spacial score (nSPS) is 10.8. The topological polar surface area (TPSA) is 85.8 Å². The van der Waals surface area contributed by atoms with Gasteiger partial charge in [-0.3, -0.25) is 9.36 Å². The first kappa shape index (κ1) is 13.8. The Bertz CT molecular complexity index is 377. The summed E-state index contributed by atoms with van der Waals surface area (Å²) in [5.41, 5.74) is 5.72. The lowest BCUT2D eigenvalue weighted by Gasteiger charge is -2.10. The number of nitrogen functional groups attached to an aromatic ring is 1. The summed E-state index contributed by atoms with van der Waals surface area (Å²) in [4.78, 5) is 11.3. The summed E-state index contributed by atoms with van der Waals surface area (Å²) in [5.74, 6) is 1.15. The largest absolute Gasteiger partial charge is 0.368 e. The van der Waals surface area contributed by atoms with Crippen molar-refractivity contribution < 1.29 is 4.79 Å². The Labute approximate surface area is 105 Å². The van der Waals surface area contributed by atoms with Crippen LogP contribution in [0.5, 0.6) is 0 Å². The van der Waals surface area contributed by atoms with Crippen LogP contribution >= 0.6 is 11.8 Å². The van der Waals surface area contributed by atoms with Crippen molar-refractivity contribution in [2.75, 3.05) is 18.0 Å². The zero-order valence-electron chi connectivity index (χ0n) is 10.4. The van der Waals surface area contributed by atoms with E-state index in [-0.39, 0.29) is 11.9 Å². The van der Waals surface area contributed by atoms with E-state index in [1.807, 2.05) is 25.3 Å². The van der Waals surface area contributed by atoms with Crippen LogP contribution in [-0.4, -0.2) is 33.0 Å². The lowest BCUT2D eigenvalue weighted by atomic mass is 10.4. The number of rotatable bonds is 6. The Hall–Kier alpha value is -1.24. The molecule has 0 aliphatic heterocycles. The van der Waals surface area contributed by atoms with Crippen LogP contribution in [0.4, 0.5) is 5.95 Å². The lowest BCUT2D eigenvalue weighted by Crippen LogP contribution is -2.22. The average Bonchev–Trinajstić information content (AvgIpc) is 2.60. The summed E-state index contributed by atoms with van der Waals surface area (Å²) in [6, 6.07) is 0.219. The molecule has 0 aromatic carbocycles. The predicted octanol–water partition coefficient (Wildman–Crippen LogP) is 1.06. The first-order chi connectivity index (χ1) is 8.06. The van der Waals surface area contributed by atoms with Crippen molar-refractivity contribution in [2.24, 2.45) is 0 Å². The molecule has 1 aromatic rings. The number of amides is 1. The second-order valence-electron chi connectivity index (χ2n) is 3.86. The van der Waals surface area contributed by atoms with Crippen LogP contribution < -0.4 is 11.1 Å². The number of carbonyl (C=O) groups excluding carboxylic acids is 1. The molecule has 0 unspecified atom stereocenters. The third-order valence-corrected chi connectivity index (χ3v) is 3.09. The van der Waals surface area contributed by atoms with Gasteiger partial charge in [-0.2, -0.15) is 0 Å². The smallest absolute Gasteiger partial charge is 0.222 e. The molecule has 0 spiro atoms. The van der Waals surface area contributed by atoms with Crippen LogP contribution in [-0.2, 0) is 4.79 Å². The van der Waals surface area contributed by atoms with Gasteiger partial charge in [0.25, 0.3) is 0 Å². The van der Waals surface area contributed by atoms with Gasteiger partial charge in [0.2, 0.25) is 11.9 Å². The summed E-state index contributed by atoms with van der Waals surface area (Å²) < 4.78 is 1.86. The Morgan fingerprint density at radius 3 is 2.82 bits per heavy atom. The average molecular weight is 257 g/mol. The Morgan fingerprint density at radius 1 is 1.53 bits per heavy atom. The fourth-order valence-corrected chi connectivity index (χ4v) is 2.40. The minimum atomic E-state index is 0.0589. The number of nitrogens with zero attached hydrogens (tertiary/aromatic N) is 3. The van der Waals surface area contributed by atoms with E-state index < -0.39 is 0 Å². The quantitative estimate of drug-likeness (QED) is 0.744. The number of carbonyl (C=O) groups is 1. The Balaban J connectivity index is 2.49. The van der Waals surface area contributed by atoms with Gasteiger partial charge in [-0.05, 0) is 20.8 Å². The van der Waals surface area contributed by atoms with Crippen molar-refractivity contribution in [1.29, 1.82) is 0 Å². The summed E-state index contributed by atoms with van der Waals surface area (Å²) in [7, 11) is 0. The van der Waals surface area contributed by atoms with Crippen LogP contribution in [0.2, 0.25) is 0 Å². The lowest BCUT2D eigenvalue weighted by molar-refractivity contribution is -0.120. The molecule has 1 heterocycles. The molecule has 17 heavy (non-hydrogen) atoms. The molecule has 0 aliphatic carbocycles. The molecule has 0 aliphatic rings. The molecule has 0 saturated heterocycles. The van der Waals surface area contributed by atoms with Gasteiger partial charge in [-0.15, -0.1) is 10.2 Å². The maximum absolute atomic E-state index is 11.3. The van der Waals surface area contributed by atoms with Crippen LogP contribution in [0.3, 0.4) is 0 Å². The number of nitrogens with two attached hydrogens (primary N) is 1. The first-order valence-corrected chi connectivity index (χ1v) is 6.64.